The molecule has 1 fully saturated rings. The van der Waals surface area contributed by atoms with Gasteiger partial charge in [-0.05, 0) is 30.8 Å². The molecule has 2 aromatic heterocycles. The monoisotopic (exact) mass is 355 g/mol. The number of pyridine rings is 2. The first-order valence-electron chi connectivity index (χ1n) is 8.77. The summed E-state index contributed by atoms with van der Waals surface area (Å²) in [6.45, 7) is 2.72. The van der Waals surface area contributed by atoms with E-state index in [1.54, 1.807) is 6.20 Å². The molecule has 1 saturated heterocycles. The number of morpholine rings is 1. The van der Waals surface area contributed by atoms with Crippen LogP contribution in [0.2, 0.25) is 0 Å². The van der Waals surface area contributed by atoms with Crippen LogP contribution in [-0.2, 0) is 16.1 Å². The number of hydrogen-bond acceptors (Lipinski definition) is 6. The number of ether oxygens (including phenoxy) is 1. The maximum absolute atomic E-state index is 12.7. The number of carbonyl (C=O) groups excluding carboxylic acids is 1. The van der Waals surface area contributed by atoms with Crippen LogP contribution in [-0.4, -0.2) is 66.0 Å². The van der Waals surface area contributed by atoms with Crippen LogP contribution in [0.15, 0.2) is 42.7 Å². The summed E-state index contributed by atoms with van der Waals surface area (Å²) >= 11 is 0. The molecule has 0 aliphatic carbocycles. The quantitative estimate of drug-likeness (QED) is 0.848. The van der Waals surface area contributed by atoms with Crippen molar-refractivity contribution in [1.82, 2.24) is 19.8 Å². The lowest BCUT2D eigenvalue weighted by molar-refractivity contribution is -0.140. The van der Waals surface area contributed by atoms with Crippen LogP contribution in [0, 0.1) is 0 Å². The van der Waals surface area contributed by atoms with Gasteiger partial charge in [0.05, 0.1) is 25.4 Å². The Kier molecular flexibility index (Phi) is 6.14. The molecule has 1 atom stereocenters. The van der Waals surface area contributed by atoms with E-state index >= 15 is 0 Å². The van der Waals surface area contributed by atoms with Gasteiger partial charge in [-0.1, -0.05) is 12.1 Å². The summed E-state index contributed by atoms with van der Waals surface area (Å²) in [4.78, 5) is 25.2. The molecule has 26 heavy (non-hydrogen) atoms. The van der Waals surface area contributed by atoms with Crippen LogP contribution in [0.3, 0.4) is 0 Å². The fourth-order valence-corrected chi connectivity index (χ4v) is 3.01. The predicted molar refractivity (Wildman–Crippen MR) is 99.6 cm³/mol. The largest absolute Gasteiger partial charge is 0.373 e. The molecule has 3 rings (SSSR count). The summed E-state index contributed by atoms with van der Waals surface area (Å²) < 4.78 is 5.84. The van der Waals surface area contributed by atoms with E-state index in [-0.39, 0.29) is 12.0 Å². The van der Waals surface area contributed by atoms with Crippen LogP contribution >= 0.6 is 0 Å². The van der Waals surface area contributed by atoms with E-state index in [9.17, 15) is 4.79 Å². The number of carbonyl (C=O) groups is 1. The van der Waals surface area contributed by atoms with Crippen molar-refractivity contribution < 1.29 is 9.53 Å². The van der Waals surface area contributed by atoms with Gasteiger partial charge in [0.2, 0.25) is 5.91 Å². The molecule has 1 unspecified atom stereocenters. The normalized spacial score (nSPS) is 17.3. The van der Waals surface area contributed by atoms with Crippen LogP contribution in [0.1, 0.15) is 17.4 Å². The number of anilines is 1. The van der Waals surface area contributed by atoms with Crippen molar-refractivity contribution in [3.05, 3.63) is 54.0 Å². The van der Waals surface area contributed by atoms with Crippen LogP contribution < -0.4 is 5.32 Å². The standard InChI is InChI=1S/C19H25N5O2/c1-20-18-7-3-6-16(22-18)17-13-24(9-10-26-17)19(25)14-23(2)12-15-5-4-8-21-11-15/h3-8,11,17H,9-10,12-14H2,1-2H3,(H,20,22). The first kappa shape index (κ1) is 18.3. The van der Waals surface area contributed by atoms with E-state index in [1.807, 2.05) is 60.4 Å². The van der Waals surface area contributed by atoms with Gasteiger partial charge >= 0.3 is 0 Å². The Balaban J connectivity index is 1.57. The summed E-state index contributed by atoms with van der Waals surface area (Å²) in [7, 11) is 3.78. The highest BCUT2D eigenvalue weighted by atomic mass is 16.5. The number of likely N-dealkylation sites (N-methyl/N-ethyl adjacent to an activating group) is 1. The van der Waals surface area contributed by atoms with E-state index < -0.39 is 0 Å². The highest BCUT2D eigenvalue weighted by Gasteiger charge is 2.26. The van der Waals surface area contributed by atoms with Crippen molar-refractivity contribution in [2.45, 2.75) is 12.6 Å². The third-order valence-corrected chi connectivity index (χ3v) is 4.36. The average molecular weight is 355 g/mol. The number of hydrogen-bond donors (Lipinski definition) is 1. The fraction of sp³-hybridized carbons (Fsp3) is 0.421. The molecule has 7 nitrogen and oxygen atoms in total. The molecule has 1 N–H and O–H groups in total. The number of nitrogens with one attached hydrogen (secondary N) is 1. The lowest BCUT2D eigenvalue weighted by Gasteiger charge is -2.33. The second-order valence-corrected chi connectivity index (χ2v) is 6.43. The zero-order valence-corrected chi connectivity index (χ0v) is 15.3. The summed E-state index contributed by atoms with van der Waals surface area (Å²) in [6.07, 6.45) is 3.39. The Morgan fingerprint density at radius 1 is 1.38 bits per heavy atom. The molecule has 0 spiro atoms. The number of aromatic nitrogens is 2. The van der Waals surface area contributed by atoms with Crippen molar-refractivity contribution in [2.75, 3.05) is 45.7 Å². The van der Waals surface area contributed by atoms with Crippen LogP contribution in [0.5, 0.6) is 0 Å². The molecule has 2 aromatic rings. The topological polar surface area (TPSA) is 70.6 Å². The summed E-state index contributed by atoms with van der Waals surface area (Å²) in [5.41, 5.74) is 1.94. The van der Waals surface area contributed by atoms with Crippen LogP contribution in [0.25, 0.3) is 0 Å². The molecule has 0 bridgehead atoms. The van der Waals surface area contributed by atoms with Gasteiger partial charge in [-0.25, -0.2) is 4.98 Å². The number of rotatable bonds is 6. The third kappa shape index (κ3) is 4.77. The van der Waals surface area contributed by atoms with Crippen molar-refractivity contribution in [3.8, 4) is 0 Å². The second-order valence-electron chi connectivity index (χ2n) is 6.43. The maximum Gasteiger partial charge on any atom is 0.236 e. The molecule has 1 aliphatic rings. The molecular weight excluding hydrogens is 330 g/mol. The minimum absolute atomic E-state index is 0.106. The van der Waals surface area contributed by atoms with Crippen LogP contribution in [0.4, 0.5) is 5.82 Å². The van der Waals surface area contributed by atoms with E-state index in [0.29, 0.717) is 32.8 Å². The zero-order chi connectivity index (χ0) is 18.4. The van der Waals surface area contributed by atoms with E-state index in [0.717, 1.165) is 17.1 Å². The molecule has 138 valence electrons. The lowest BCUT2D eigenvalue weighted by Crippen LogP contribution is -2.46. The van der Waals surface area contributed by atoms with Gasteiger partial charge in [0.25, 0.3) is 0 Å². The SMILES string of the molecule is CNc1cccc(C2CN(C(=O)CN(C)Cc3cccnc3)CCO2)n1. The Morgan fingerprint density at radius 3 is 3.04 bits per heavy atom. The van der Waals surface area contributed by atoms with E-state index in [2.05, 4.69) is 15.3 Å². The van der Waals surface area contributed by atoms with E-state index in [1.165, 1.54) is 0 Å². The molecular formula is C19H25N5O2. The Bertz CT molecular complexity index is 725. The minimum Gasteiger partial charge on any atom is -0.373 e. The highest BCUT2D eigenvalue weighted by molar-refractivity contribution is 5.78. The molecule has 3 heterocycles. The van der Waals surface area contributed by atoms with Gasteiger partial charge < -0.3 is 15.0 Å². The van der Waals surface area contributed by atoms with Crippen molar-refractivity contribution >= 4 is 11.7 Å². The second kappa shape index (κ2) is 8.73. The number of nitrogens with zero attached hydrogens (tertiary/aromatic N) is 4. The van der Waals surface area contributed by atoms with Crippen molar-refractivity contribution in [2.24, 2.45) is 0 Å². The Hall–Kier alpha value is -2.51. The van der Waals surface area contributed by atoms with Crippen molar-refractivity contribution in [1.29, 1.82) is 0 Å². The molecule has 1 aliphatic heterocycles. The highest BCUT2D eigenvalue weighted by Crippen LogP contribution is 2.22. The zero-order valence-electron chi connectivity index (χ0n) is 15.3. The smallest absolute Gasteiger partial charge is 0.236 e. The van der Waals surface area contributed by atoms with E-state index in [4.69, 9.17) is 4.74 Å². The molecule has 1 amide bonds. The van der Waals surface area contributed by atoms with Gasteiger partial charge in [-0.15, -0.1) is 0 Å². The first-order chi connectivity index (χ1) is 12.7. The molecule has 0 radical (unpaired) electrons. The lowest BCUT2D eigenvalue weighted by atomic mass is 10.2. The summed E-state index contributed by atoms with van der Waals surface area (Å²) in [5.74, 6) is 0.903. The van der Waals surface area contributed by atoms with Gasteiger partial charge in [0.1, 0.15) is 11.9 Å². The minimum atomic E-state index is -0.190. The Labute approximate surface area is 154 Å². The average Bonchev–Trinajstić information content (AvgIpc) is 2.69. The predicted octanol–water partition coefficient (Wildman–Crippen LogP) is 1.55. The Morgan fingerprint density at radius 2 is 2.27 bits per heavy atom. The maximum atomic E-state index is 12.7. The first-order valence-corrected chi connectivity index (χ1v) is 8.77. The van der Waals surface area contributed by atoms with Gasteiger partial charge in [0, 0.05) is 32.5 Å². The fourth-order valence-electron chi connectivity index (χ4n) is 3.01. The van der Waals surface area contributed by atoms with Gasteiger partial charge in [-0.3, -0.25) is 14.7 Å². The molecule has 0 saturated carbocycles. The number of amides is 1. The third-order valence-electron chi connectivity index (χ3n) is 4.36. The van der Waals surface area contributed by atoms with Gasteiger partial charge in [-0.2, -0.15) is 0 Å². The molecule has 0 aromatic carbocycles. The molecule has 7 heteroatoms. The summed E-state index contributed by atoms with van der Waals surface area (Å²) in [6, 6.07) is 9.71. The van der Waals surface area contributed by atoms with Crippen molar-refractivity contribution in [3.63, 3.8) is 0 Å². The van der Waals surface area contributed by atoms with Gasteiger partial charge in [0.15, 0.2) is 0 Å². The summed E-state index contributed by atoms with van der Waals surface area (Å²) in [5, 5.41) is 3.03.